The maximum absolute atomic E-state index is 12.9. The number of nitrogens with one attached hydrogen (secondary N) is 2. The summed E-state index contributed by atoms with van der Waals surface area (Å²) in [6.45, 7) is 1.44. The van der Waals surface area contributed by atoms with Crippen molar-refractivity contribution < 1.29 is 14.4 Å². The molecule has 0 spiro atoms. The number of hydrogen-bond acceptors (Lipinski definition) is 3. The van der Waals surface area contributed by atoms with Gasteiger partial charge in [0.25, 0.3) is 0 Å². The smallest absolute Gasteiger partial charge is 0.229 e. The standard InChI is InChI=1S/C21H23N3O3/c1-14(25)22-16-8-10-17(11-9-16)23-21(27)18-12-13-19(26)24(2)20(18)15-6-4-3-5-7-15/h3-11,18,20H,12-13H2,1-2H3,(H,22,25)(H,23,27). The van der Waals surface area contributed by atoms with Crippen molar-refractivity contribution in [3.8, 4) is 0 Å². The zero-order valence-corrected chi connectivity index (χ0v) is 15.4. The number of anilines is 2. The predicted molar refractivity (Wildman–Crippen MR) is 104 cm³/mol. The largest absolute Gasteiger partial charge is 0.338 e. The summed E-state index contributed by atoms with van der Waals surface area (Å²) in [5.41, 5.74) is 2.28. The van der Waals surface area contributed by atoms with Gasteiger partial charge in [0.2, 0.25) is 17.7 Å². The number of carbonyl (C=O) groups excluding carboxylic acids is 3. The van der Waals surface area contributed by atoms with Crippen molar-refractivity contribution in [1.82, 2.24) is 4.90 Å². The van der Waals surface area contributed by atoms with Crippen LogP contribution in [0.15, 0.2) is 54.6 Å². The predicted octanol–water partition coefficient (Wildman–Crippen LogP) is 3.19. The quantitative estimate of drug-likeness (QED) is 0.873. The third kappa shape index (κ3) is 4.34. The van der Waals surface area contributed by atoms with Crippen LogP contribution in [0.2, 0.25) is 0 Å². The molecular weight excluding hydrogens is 342 g/mol. The maximum atomic E-state index is 12.9. The normalized spacial score (nSPS) is 19.5. The molecule has 1 heterocycles. The van der Waals surface area contributed by atoms with E-state index in [-0.39, 0.29) is 29.7 Å². The minimum absolute atomic E-state index is 0.0487. The van der Waals surface area contributed by atoms with Crippen molar-refractivity contribution in [2.24, 2.45) is 5.92 Å². The fourth-order valence-corrected chi connectivity index (χ4v) is 3.49. The van der Waals surface area contributed by atoms with Crippen LogP contribution in [0.3, 0.4) is 0 Å². The van der Waals surface area contributed by atoms with Crippen LogP contribution < -0.4 is 10.6 Å². The minimum Gasteiger partial charge on any atom is -0.338 e. The van der Waals surface area contributed by atoms with Crippen molar-refractivity contribution in [2.75, 3.05) is 17.7 Å². The molecule has 0 bridgehead atoms. The van der Waals surface area contributed by atoms with Crippen molar-refractivity contribution in [3.63, 3.8) is 0 Å². The Morgan fingerprint density at radius 1 is 0.963 bits per heavy atom. The molecule has 2 N–H and O–H groups in total. The second-order valence-electron chi connectivity index (χ2n) is 6.75. The molecule has 3 rings (SSSR count). The van der Waals surface area contributed by atoms with Crippen molar-refractivity contribution >= 4 is 29.1 Å². The van der Waals surface area contributed by atoms with Crippen molar-refractivity contribution in [1.29, 1.82) is 0 Å². The first-order valence-corrected chi connectivity index (χ1v) is 8.95. The summed E-state index contributed by atoms with van der Waals surface area (Å²) in [5, 5.41) is 5.63. The number of hydrogen-bond donors (Lipinski definition) is 2. The number of amides is 3. The summed E-state index contributed by atoms with van der Waals surface area (Å²) in [4.78, 5) is 37.9. The Hall–Kier alpha value is -3.15. The molecule has 2 aromatic carbocycles. The Morgan fingerprint density at radius 2 is 1.56 bits per heavy atom. The Morgan fingerprint density at radius 3 is 2.15 bits per heavy atom. The Bertz CT molecular complexity index is 834. The zero-order valence-electron chi connectivity index (χ0n) is 15.4. The van der Waals surface area contributed by atoms with Crippen LogP contribution in [0.1, 0.15) is 31.4 Å². The molecule has 0 radical (unpaired) electrons. The summed E-state index contributed by atoms with van der Waals surface area (Å²) in [6.07, 6.45) is 0.873. The Labute approximate surface area is 158 Å². The minimum atomic E-state index is -0.329. The lowest BCUT2D eigenvalue weighted by molar-refractivity contribution is -0.140. The molecule has 1 saturated heterocycles. The topological polar surface area (TPSA) is 78.5 Å². The van der Waals surface area contributed by atoms with Gasteiger partial charge in [0.05, 0.1) is 12.0 Å². The van der Waals surface area contributed by atoms with Crippen molar-refractivity contribution in [3.05, 3.63) is 60.2 Å². The van der Waals surface area contributed by atoms with Crippen molar-refractivity contribution in [2.45, 2.75) is 25.8 Å². The van der Waals surface area contributed by atoms with E-state index in [2.05, 4.69) is 10.6 Å². The SMILES string of the molecule is CC(=O)Nc1ccc(NC(=O)C2CCC(=O)N(C)C2c2ccccc2)cc1. The third-order valence-electron chi connectivity index (χ3n) is 4.81. The van der Waals surface area contributed by atoms with Gasteiger partial charge in [-0.1, -0.05) is 30.3 Å². The highest BCUT2D eigenvalue weighted by atomic mass is 16.2. The molecule has 27 heavy (non-hydrogen) atoms. The van der Waals surface area contributed by atoms with Gasteiger partial charge >= 0.3 is 0 Å². The number of nitrogens with zero attached hydrogens (tertiary/aromatic N) is 1. The third-order valence-corrected chi connectivity index (χ3v) is 4.81. The van der Waals surface area contributed by atoms with E-state index in [1.807, 2.05) is 30.3 Å². The van der Waals surface area contributed by atoms with Crippen LogP contribution in [0.5, 0.6) is 0 Å². The summed E-state index contributed by atoms with van der Waals surface area (Å²) in [5.74, 6) is -0.541. The van der Waals surface area contributed by atoms with Gasteiger partial charge in [-0.15, -0.1) is 0 Å². The molecule has 1 aliphatic heterocycles. The fourth-order valence-electron chi connectivity index (χ4n) is 3.49. The molecule has 2 aromatic rings. The second kappa shape index (κ2) is 8.03. The highest BCUT2D eigenvalue weighted by molar-refractivity contribution is 5.95. The summed E-state index contributed by atoms with van der Waals surface area (Å²) >= 11 is 0. The van der Waals surface area contributed by atoms with E-state index in [1.165, 1.54) is 6.92 Å². The second-order valence-corrected chi connectivity index (χ2v) is 6.75. The molecule has 3 amide bonds. The van der Waals surface area contributed by atoms with E-state index in [4.69, 9.17) is 0 Å². The lowest BCUT2D eigenvalue weighted by Gasteiger charge is -2.38. The zero-order chi connectivity index (χ0) is 19.4. The van der Waals surface area contributed by atoms with Gasteiger partial charge in [-0.05, 0) is 36.2 Å². The van der Waals surface area contributed by atoms with E-state index in [0.29, 0.717) is 24.2 Å². The van der Waals surface area contributed by atoms with E-state index in [1.54, 1.807) is 36.2 Å². The van der Waals surface area contributed by atoms with E-state index >= 15 is 0 Å². The molecule has 6 nitrogen and oxygen atoms in total. The first-order valence-electron chi connectivity index (χ1n) is 8.95. The van der Waals surface area contributed by atoms with Gasteiger partial charge in [-0.3, -0.25) is 14.4 Å². The van der Waals surface area contributed by atoms with Gasteiger partial charge in [0.1, 0.15) is 0 Å². The average Bonchev–Trinajstić information content (AvgIpc) is 2.65. The van der Waals surface area contributed by atoms with Crippen LogP contribution in [0.4, 0.5) is 11.4 Å². The highest BCUT2D eigenvalue weighted by Gasteiger charge is 2.38. The first kappa shape index (κ1) is 18.6. The van der Waals surface area contributed by atoms with Gasteiger partial charge in [0.15, 0.2) is 0 Å². The number of rotatable bonds is 4. The molecule has 1 fully saturated rings. The molecule has 140 valence electrons. The summed E-state index contributed by atoms with van der Waals surface area (Å²) in [6, 6.07) is 16.3. The van der Waals surface area contributed by atoms with Crippen LogP contribution in [-0.2, 0) is 14.4 Å². The fraction of sp³-hybridized carbons (Fsp3) is 0.286. The first-order chi connectivity index (χ1) is 13.0. The summed E-state index contributed by atoms with van der Waals surface area (Å²) in [7, 11) is 1.75. The van der Waals surface area contributed by atoms with E-state index in [9.17, 15) is 14.4 Å². The van der Waals surface area contributed by atoms with Gasteiger partial charge < -0.3 is 15.5 Å². The van der Waals surface area contributed by atoms with Gasteiger partial charge in [-0.2, -0.15) is 0 Å². The lowest BCUT2D eigenvalue weighted by Crippen LogP contribution is -2.44. The molecule has 0 aromatic heterocycles. The number of carbonyl (C=O) groups is 3. The van der Waals surface area contributed by atoms with Gasteiger partial charge in [0, 0.05) is 31.8 Å². The Balaban J connectivity index is 1.77. The number of likely N-dealkylation sites (tertiary alicyclic amines) is 1. The maximum Gasteiger partial charge on any atom is 0.229 e. The molecule has 2 atom stereocenters. The van der Waals surface area contributed by atoms with Crippen LogP contribution >= 0.6 is 0 Å². The lowest BCUT2D eigenvalue weighted by atomic mass is 9.84. The molecular formula is C21H23N3O3. The monoisotopic (exact) mass is 365 g/mol. The summed E-state index contributed by atoms with van der Waals surface area (Å²) < 4.78 is 0. The molecule has 2 unspecified atom stereocenters. The van der Waals surface area contributed by atoms with E-state index < -0.39 is 0 Å². The molecule has 1 aliphatic rings. The van der Waals surface area contributed by atoms with E-state index in [0.717, 1.165) is 5.56 Å². The number of benzene rings is 2. The number of piperidine rings is 1. The van der Waals surface area contributed by atoms with Gasteiger partial charge in [-0.25, -0.2) is 0 Å². The highest BCUT2D eigenvalue weighted by Crippen LogP contribution is 2.36. The molecule has 0 saturated carbocycles. The Kier molecular flexibility index (Phi) is 5.54. The average molecular weight is 365 g/mol. The van der Waals surface area contributed by atoms with Crippen LogP contribution in [0.25, 0.3) is 0 Å². The molecule has 6 heteroatoms. The molecule has 0 aliphatic carbocycles. The van der Waals surface area contributed by atoms with Crippen LogP contribution in [-0.4, -0.2) is 29.7 Å². The van der Waals surface area contributed by atoms with Crippen LogP contribution in [0, 0.1) is 5.92 Å².